The normalized spacial score (nSPS) is 11.0. The first kappa shape index (κ1) is 26.1. The molecule has 0 aliphatic heterocycles. The van der Waals surface area contributed by atoms with Crippen molar-refractivity contribution in [3.63, 3.8) is 0 Å². The van der Waals surface area contributed by atoms with Crippen molar-refractivity contribution < 1.29 is 70.7 Å². The van der Waals surface area contributed by atoms with Gasteiger partial charge in [0.15, 0.2) is 0 Å². The van der Waals surface area contributed by atoms with Crippen LogP contribution in [0.25, 0.3) is 0 Å². The van der Waals surface area contributed by atoms with Gasteiger partial charge in [0.05, 0.1) is 20.1 Å². The molecule has 26 heavy (non-hydrogen) atoms. The predicted octanol–water partition coefficient (Wildman–Crippen LogP) is 0.539. The molecule has 0 saturated heterocycles. The Morgan fingerprint density at radius 3 is 2.08 bits per heavy atom. The van der Waals surface area contributed by atoms with Crippen LogP contribution in [0.2, 0.25) is 5.31 Å². The first-order chi connectivity index (χ1) is 11.4. The molecule has 2 rings (SSSR count). The quantitative estimate of drug-likeness (QED) is 0.448. The Hall–Kier alpha value is 0.0613. The Bertz CT molecular complexity index is 650. The summed E-state index contributed by atoms with van der Waals surface area (Å²) in [5, 5.41) is 18.6. The van der Waals surface area contributed by atoms with Crippen molar-refractivity contribution in [2.75, 3.05) is 0 Å². The molecule has 0 heterocycles. The summed E-state index contributed by atoms with van der Waals surface area (Å²) in [7, 11) is 8.01. The van der Waals surface area contributed by atoms with Crippen LogP contribution in [0.1, 0.15) is 33.3 Å². The van der Waals surface area contributed by atoms with E-state index in [4.69, 9.17) is 17.7 Å². The maximum atomic E-state index is 13.5. The standard InChI is InChI=1S/C13H11FO2P.C6H13BO.K/c14-12-2-1-3-13(17)11(12)8-16-10-6-4-9(15)5-7-10;1-5(2,7)6(3,4)8;/h2-7,15H,8,17H2;8H,1-4H3;/q-1;;+1. The summed E-state index contributed by atoms with van der Waals surface area (Å²) in [6.45, 7) is 7.14. The van der Waals surface area contributed by atoms with E-state index in [-0.39, 0.29) is 69.6 Å². The van der Waals surface area contributed by atoms with E-state index in [1.165, 1.54) is 18.2 Å². The molecule has 0 aliphatic carbocycles. The van der Waals surface area contributed by atoms with Gasteiger partial charge in [0.25, 0.3) is 0 Å². The molecule has 0 spiro atoms. The topological polar surface area (TPSA) is 49.7 Å². The van der Waals surface area contributed by atoms with E-state index in [0.29, 0.717) is 11.3 Å². The minimum absolute atomic E-state index is 0. The Labute approximate surface area is 201 Å². The molecule has 7 heteroatoms. The van der Waals surface area contributed by atoms with Crippen LogP contribution in [-0.4, -0.2) is 23.7 Å². The fourth-order valence-electron chi connectivity index (χ4n) is 1.37. The number of phenolic OH excluding ortho intramolecular Hbond substituents is 1. The molecular formula is C19H24BFKO3P. The van der Waals surface area contributed by atoms with Crippen molar-refractivity contribution in [3.8, 4) is 11.5 Å². The number of aromatic hydroxyl groups is 1. The second-order valence-corrected chi connectivity index (χ2v) is 7.42. The number of halogens is 1. The number of hydrogen-bond acceptors (Lipinski definition) is 3. The van der Waals surface area contributed by atoms with Gasteiger partial charge >= 0.3 is 51.4 Å². The number of benzene rings is 2. The van der Waals surface area contributed by atoms with Crippen LogP contribution in [0.3, 0.4) is 0 Å². The van der Waals surface area contributed by atoms with Crippen LogP contribution in [0.15, 0.2) is 36.4 Å². The zero-order chi connectivity index (χ0) is 19.3. The van der Waals surface area contributed by atoms with Gasteiger partial charge in [-0.25, -0.2) is 0 Å². The summed E-state index contributed by atoms with van der Waals surface area (Å²) in [5.74, 6) is 0.417. The molecule has 2 aromatic carbocycles. The van der Waals surface area contributed by atoms with E-state index in [2.05, 4.69) is 15.3 Å². The summed E-state index contributed by atoms with van der Waals surface area (Å²) in [4.78, 5) is 0. The summed E-state index contributed by atoms with van der Waals surface area (Å²) in [6, 6.07) is 12.0. The largest absolute Gasteiger partial charge is 1.00 e. The zero-order valence-corrected chi connectivity index (χ0v) is 20.3. The second kappa shape index (κ2) is 11.2. The van der Waals surface area contributed by atoms with E-state index in [1.54, 1.807) is 45.9 Å². The molecule has 0 aliphatic rings. The van der Waals surface area contributed by atoms with Crippen molar-refractivity contribution in [1.29, 1.82) is 0 Å². The molecule has 2 aromatic rings. The summed E-state index contributed by atoms with van der Waals surface area (Å²) >= 11 is 0. The van der Waals surface area contributed by atoms with Gasteiger partial charge in [0, 0.05) is 5.82 Å². The zero-order valence-electron chi connectivity index (χ0n) is 16.0. The molecule has 3 nitrogen and oxygen atoms in total. The van der Waals surface area contributed by atoms with E-state index < -0.39 is 10.9 Å². The van der Waals surface area contributed by atoms with Crippen molar-refractivity contribution in [2.45, 2.75) is 45.2 Å². The minimum atomic E-state index is -0.785. The van der Waals surface area contributed by atoms with Crippen LogP contribution in [-0.2, 0) is 6.61 Å². The first-order valence-electron chi connectivity index (χ1n) is 7.79. The molecular weight excluding hydrogens is 376 g/mol. The van der Waals surface area contributed by atoms with Crippen LogP contribution in [0, 0.1) is 11.9 Å². The molecule has 0 bridgehead atoms. The third-order valence-corrected chi connectivity index (χ3v) is 4.40. The summed E-state index contributed by atoms with van der Waals surface area (Å²) in [5.41, 5.74) is -0.297. The molecule has 2 N–H and O–H groups in total. The second-order valence-electron chi connectivity index (χ2n) is 6.80. The van der Waals surface area contributed by atoms with Crippen LogP contribution in [0.4, 0.5) is 4.39 Å². The van der Waals surface area contributed by atoms with Gasteiger partial charge in [0.2, 0.25) is 0 Å². The molecule has 2 radical (unpaired) electrons. The number of phenols is 1. The third-order valence-electron chi connectivity index (χ3n) is 3.88. The van der Waals surface area contributed by atoms with Crippen molar-refractivity contribution >= 4 is 22.4 Å². The molecule has 0 aromatic heterocycles. The van der Waals surface area contributed by atoms with E-state index in [0.717, 1.165) is 5.30 Å². The fourth-order valence-corrected chi connectivity index (χ4v) is 1.68. The van der Waals surface area contributed by atoms with Crippen molar-refractivity contribution in [2.24, 2.45) is 0 Å². The van der Waals surface area contributed by atoms with Gasteiger partial charge < -0.3 is 14.9 Å². The van der Waals surface area contributed by atoms with Gasteiger partial charge in [-0.3, -0.25) is 4.39 Å². The molecule has 0 saturated carbocycles. The number of rotatable bonds is 4. The average Bonchev–Trinajstić information content (AvgIpc) is 2.47. The van der Waals surface area contributed by atoms with Crippen LogP contribution in [0.5, 0.6) is 11.5 Å². The number of hydrogen-bond donors (Lipinski definition) is 2. The summed E-state index contributed by atoms with van der Waals surface area (Å²) in [6.07, 6.45) is 0. The fraction of sp³-hybridized carbons (Fsp3) is 0.368. The van der Waals surface area contributed by atoms with Gasteiger partial charge in [-0.05, 0) is 43.4 Å². The van der Waals surface area contributed by atoms with Gasteiger partial charge in [-0.2, -0.15) is 21.4 Å². The maximum Gasteiger partial charge on any atom is 1.00 e. The van der Waals surface area contributed by atoms with Crippen molar-refractivity contribution in [3.05, 3.63) is 53.8 Å². The van der Waals surface area contributed by atoms with Gasteiger partial charge in [-0.15, -0.1) is 11.4 Å². The Balaban J connectivity index is 0.000000597. The average molecular weight is 400 g/mol. The van der Waals surface area contributed by atoms with Crippen LogP contribution >= 0.6 is 9.24 Å². The molecule has 0 amide bonds. The molecule has 1 unspecified atom stereocenters. The third kappa shape index (κ3) is 8.83. The Morgan fingerprint density at radius 1 is 1.15 bits per heavy atom. The van der Waals surface area contributed by atoms with Crippen LogP contribution < -0.4 is 61.4 Å². The van der Waals surface area contributed by atoms with E-state index in [9.17, 15) is 9.50 Å². The van der Waals surface area contributed by atoms with Gasteiger partial charge in [-0.1, -0.05) is 19.4 Å². The molecule has 0 fully saturated rings. The number of aliphatic hydroxyl groups is 1. The Kier molecular flexibility index (Phi) is 11.2. The van der Waals surface area contributed by atoms with Gasteiger partial charge in [0.1, 0.15) is 11.5 Å². The number of ether oxygens (including phenoxy) is 1. The smallest absolute Gasteiger partial charge is 0.508 e. The van der Waals surface area contributed by atoms with E-state index >= 15 is 0 Å². The summed E-state index contributed by atoms with van der Waals surface area (Å²) < 4.78 is 18.9. The van der Waals surface area contributed by atoms with Crippen molar-refractivity contribution in [1.82, 2.24) is 0 Å². The van der Waals surface area contributed by atoms with E-state index in [1.807, 2.05) is 0 Å². The molecule has 1 atom stereocenters. The predicted molar refractivity (Wildman–Crippen MR) is 103 cm³/mol. The maximum absolute atomic E-state index is 13.5. The SMILES string of the molecule is Oc1ccc(OCc2c(F)c[c-]cc2P)cc1.[B]C(C)(C)C(C)(C)O.[K+]. The minimum Gasteiger partial charge on any atom is -0.508 e. The Morgan fingerprint density at radius 2 is 1.65 bits per heavy atom. The molecule has 134 valence electrons. The monoisotopic (exact) mass is 400 g/mol. The first-order valence-corrected chi connectivity index (χ1v) is 8.36.